The number of piperazine rings is 1. The summed E-state index contributed by atoms with van der Waals surface area (Å²) in [5.74, 6) is 0.419. The van der Waals surface area contributed by atoms with Crippen molar-refractivity contribution in [3.05, 3.63) is 45.2 Å². The molecule has 10 heteroatoms. The zero-order valence-electron chi connectivity index (χ0n) is 14.9. The van der Waals surface area contributed by atoms with Crippen molar-refractivity contribution >= 4 is 34.6 Å². The van der Waals surface area contributed by atoms with Crippen LogP contribution in [-0.2, 0) is 0 Å². The van der Waals surface area contributed by atoms with Gasteiger partial charge in [0, 0.05) is 43.4 Å². The summed E-state index contributed by atoms with van der Waals surface area (Å²) >= 11 is 6.14. The monoisotopic (exact) mass is 392 g/mol. The van der Waals surface area contributed by atoms with Gasteiger partial charge in [-0.05, 0) is 24.6 Å². The van der Waals surface area contributed by atoms with Crippen LogP contribution >= 0.6 is 11.6 Å². The van der Waals surface area contributed by atoms with Crippen molar-refractivity contribution in [1.29, 1.82) is 0 Å². The highest BCUT2D eigenvalue weighted by Crippen LogP contribution is 2.34. The highest BCUT2D eigenvalue weighted by atomic mass is 35.5. The van der Waals surface area contributed by atoms with Crippen LogP contribution in [0.15, 0.2) is 24.5 Å². The molecule has 0 amide bonds. The Bertz CT molecular complexity index is 826. The topological polar surface area (TPSA) is 108 Å². The van der Waals surface area contributed by atoms with Crippen molar-refractivity contribution in [2.75, 3.05) is 49.5 Å². The van der Waals surface area contributed by atoms with Gasteiger partial charge in [0.15, 0.2) is 0 Å². The predicted molar refractivity (Wildman–Crippen MR) is 104 cm³/mol. The van der Waals surface area contributed by atoms with Crippen LogP contribution in [0.3, 0.4) is 0 Å². The first kappa shape index (κ1) is 19.3. The molecule has 0 spiro atoms. The molecular weight excluding hydrogens is 372 g/mol. The summed E-state index contributed by atoms with van der Waals surface area (Å²) in [4.78, 5) is 23.5. The number of nitrogens with zero attached hydrogens (tertiary/aromatic N) is 5. The van der Waals surface area contributed by atoms with E-state index in [1.807, 2.05) is 17.9 Å². The van der Waals surface area contributed by atoms with E-state index < -0.39 is 4.92 Å². The maximum atomic E-state index is 11.8. The van der Waals surface area contributed by atoms with E-state index in [9.17, 15) is 10.1 Å². The van der Waals surface area contributed by atoms with Crippen LogP contribution in [0.25, 0.3) is 0 Å². The van der Waals surface area contributed by atoms with E-state index in [1.54, 1.807) is 12.1 Å². The van der Waals surface area contributed by atoms with Crippen molar-refractivity contribution < 1.29 is 10.0 Å². The van der Waals surface area contributed by atoms with Gasteiger partial charge in [0.05, 0.1) is 11.5 Å². The summed E-state index contributed by atoms with van der Waals surface area (Å²) in [5.41, 5.74) is 1.37. The lowest BCUT2D eigenvalue weighted by Gasteiger charge is -2.34. The van der Waals surface area contributed by atoms with Gasteiger partial charge in [-0.25, -0.2) is 9.97 Å². The third-order valence-electron chi connectivity index (χ3n) is 4.51. The second-order valence-corrected chi connectivity index (χ2v) is 6.70. The number of rotatable bonds is 6. The molecule has 2 N–H and O–H groups in total. The number of hydrogen-bond acceptors (Lipinski definition) is 8. The van der Waals surface area contributed by atoms with Gasteiger partial charge in [-0.2, -0.15) is 0 Å². The zero-order valence-corrected chi connectivity index (χ0v) is 15.7. The first-order valence-electron chi connectivity index (χ1n) is 8.60. The number of nitro groups is 1. The molecule has 1 aliphatic rings. The van der Waals surface area contributed by atoms with Crippen molar-refractivity contribution in [3.63, 3.8) is 0 Å². The number of hydrogen-bond donors (Lipinski definition) is 2. The Morgan fingerprint density at radius 2 is 2.04 bits per heavy atom. The number of anilines is 3. The second-order valence-electron chi connectivity index (χ2n) is 6.29. The molecule has 0 saturated carbocycles. The molecule has 144 valence electrons. The van der Waals surface area contributed by atoms with Crippen molar-refractivity contribution in [1.82, 2.24) is 14.9 Å². The number of aryl methyl sites for hydroxylation is 1. The Hall–Kier alpha value is -2.49. The van der Waals surface area contributed by atoms with Gasteiger partial charge in [-0.15, -0.1) is 0 Å². The summed E-state index contributed by atoms with van der Waals surface area (Å²) in [5, 5.41) is 24.4. The standard InChI is InChI=1S/C17H21ClN6O3/c1-12-2-3-13(10-14(12)18)21-16-15(24(26)27)17(20-11-19-16)23-6-4-22(5-7-23)8-9-25/h2-3,10-11,25H,4-9H2,1H3,(H,19,20,21). The molecule has 9 nitrogen and oxygen atoms in total. The minimum absolute atomic E-state index is 0.0980. The molecule has 27 heavy (non-hydrogen) atoms. The number of aliphatic hydroxyl groups is 1. The van der Waals surface area contributed by atoms with Gasteiger partial charge in [-0.1, -0.05) is 17.7 Å². The molecule has 0 atom stereocenters. The molecule has 0 radical (unpaired) electrons. The molecule has 0 unspecified atom stereocenters. The molecule has 2 aromatic rings. The third kappa shape index (κ3) is 4.44. The number of aromatic nitrogens is 2. The fraction of sp³-hybridized carbons (Fsp3) is 0.412. The van der Waals surface area contributed by atoms with Gasteiger partial charge in [0.2, 0.25) is 11.6 Å². The number of β-amino-alcohol motifs (C(OH)–C–C–N with tert-alkyl or cyclic N) is 1. The van der Waals surface area contributed by atoms with Crippen LogP contribution in [0.5, 0.6) is 0 Å². The number of halogens is 1. The van der Waals surface area contributed by atoms with Crippen molar-refractivity contribution in [3.8, 4) is 0 Å². The van der Waals surface area contributed by atoms with Crippen LogP contribution < -0.4 is 10.2 Å². The molecular formula is C17H21ClN6O3. The van der Waals surface area contributed by atoms with Crippen LogP contribution in [-0.4, -0.2) is 64.2 Å². The van der Waals surface area contributed by atoms with E-state index in [0.29, 0.717) is 49.3 Å². The average Bonchev–Trinajstić information content (AvgIpc) is 2.65. The molecule has 0 aliphatic carbocycles. The van der Waals surface area contributed by atoms with Gasteiger partial charge in [0.1, 0.15) is 6.33 Å². The fourth-order valence-electron chi connectivity index (χ4n) is 2.99. The Morgan fingerprint density at radius 1 is 1.30 bits per heavy atom. The first-order chi connectivity index (χ1) is 13.0. The first-order valence-corrected chi connectivity index (χ1v) is 8.98. The SMILES string of the molecule is Cc1ccc(Nc2ncnc(N3CCN(CCO)CC3)c2[N+](=O)[O-])cc1Cl. The summed E-state index contributed by atoms with van der Waals surface area (Å²) < 4.78 is 0. The Labute approximate surface area is 161 Å². The third-order valence-corrected chi connectivity index (χ3v) is 4.92. The van der Waals surface area contributed by atoms with Gasteiger partial charge in [-0.3, -0.25) is 15.0 Å². The predicted octanol–water partition coefficient (Wildman–Crippen LogP) is 2.20. The smallest absolute Gasteiger partial charge is 0.353 e. The van der Waals surface area contributed by atoms with E-state index in [1.165, 1.54) is 6.33 Å². The van der Waals surface area contributed by atoms with Crippen molar-refractivity contribution in [2.45, 2.75) is 6.92 Å². The van der Waals surface area contributed by atoms with Crippen molar-refractivity contribution in [2.24, 2.45) is 0 Å². The Kier molecular flexibility index (Phi) is 6.04. The van der Waals surface area contributed by atoms with Gasteiger partial charge in [0.25, 0.3) is 0 Å². The number of aliphatic hydroxyl groups excluding tert-OH is 1. The average molecular weight is 393 g/mol. The summed E-state index contributed by atoms with van der Waals surface area (Å²) in [7, 11) is 0. The second kappa shape index (κ2) is 8.47. The van der Waals surface area contributed by atoms with Crippen LogP contribution in [0.2, 0.25) is 5.02 Å². The van der Waals surface area contributed by atoms with Gasteiger partial charge >= 0.3 is 5.69 Å². The molecule has 2 heterocycles. The molecule has 1 aromatic heterocycles. The highest BCUT2D eigenvalue weighted by molar-refractivity contribution is 6.31. The lowest BCUT2D eigenvalue weighted by Crippen LogP contribution is -2.47. The highest BCUT2D eigenvalue weighted by Gasteiger charge is 2.29. The fourth-order valence-corrected chi connectivity index (χ4v) is 3.17. The Balaban J connectivity index is 1.87. The number of nitrogens with one attached hydrogen (secondary N) is 1. The minimum Gasteiger partial charge on any atom is -0.395 e. The van der Waals surface area contributed by atoms with Crippen LogP contribution in [0.1, 0.15) is 5.56 Å². The molecule has 1 aromatic carbocycles. The zero-order chi connectivity index (χ0) is 19.4. The maximum absolute atomic E-state index is 11.8. The largest absolute Gasteiger partial charge is 0.395 e. The van der Waals surface area contributed by atoms with E-state index in [0.717, 1.165) is 5.56 Å². The van der Waals surface area contributed by atoms with Crippen LogP contribution in [0, 0.1) is 17.0 Å². The maximum Gasteiger partial charge on any atom is 0.353 e. The molecule has 1 aliphatic heterocycles. The number of benzene rings is 1. The van der Waals surface area contributed by atoms with Gasteiger partial charge < -0.3 is 15.3 Å². The quantitative estimate of drug-likeness (QED) is 0.569. The molecule has 3 rings (SSSR count). The Morgan fingerprint density at radius 3 is 2.67 bits per heavy atom. The van der Waals surface area contributed by atoms with Crippen LogP contribution in [0.4, 0.5) is 23.0 Å². The van der Waals surface area contributed by atoms with E-state index in [4.69, 9.17) is 16.7 Å². The molecule has 1 saturated heterocycles. The molecule has 1 fully saturated rings. The minimum atomic E-state index is -0.465. The summed E-state index contributed by atoms with van der Waals surface area (Å²) in [6, 6.07) is 5.33. The van der Waals surface area contributed by atoms with E-state index in [2.05, 4.69) is 20.2 Å². The summed E-state index contributed by atoms with van der Waals surface area (Å²) in [6.45, 7) is 5.17. The normalized spacial score (nSPS) is 15.0. The lowest BCUT2D eigenvalue weighted by molar-refractivity contribution is -0.383. The molecule has 0 bridgehead atoms. The summed E-state index contributed by atoms with van der Waals surface area (Å²) in [6.07, 6.45) is 1.32. The van der Waals surface area contributed by atoms with E-state index >= 15 is 0 Å². The van der Waals surface area contributed by atoms with E-state index in [-0.39, 0.29) is 18.1 Å². The lowest BCUT2D eigenvalue weighted by atomic mass is 10.2.